The van der Waals surface area contributed by atoms with E-state index < -0.39 is 0 Å². The second-order valence-electron chi connectivity index (χ2n) is 3.05. The molecule has 0 aromatic heterocycles. The minimum absolute atomic E-state index is 0.0642. The highest BCUT2D eigenvalue weighted by molar-refractivity contribution is 4.99. The van der Waals surface area contributed by atoms with E-state index in [1.165, 1.54) is 0 Å². The second kappa shape index (κ2) is 2.36. The lowest BCUT2D eigenvalue weighted by Crippen LogP contribution is -2.28. The van der Waals surface area contributed by atoms with Gasteiger partial charge < -0.3 is 0 Å². The zero-order chi connectivity index (χ0) is 6.86. The summed E-state index contributed by atoms with van der Waals surface area (Å²) in [5.41, 5.74) is 0.0642. The Labute approximate surface area is 60.7 Å². The van der Waals surface area contributed by atoms with Crippen molar-refractivity contribution in [2.24, 2.45) is 0 Å². The first-order valence-corrected chi connectivity index (χ1v) is 3.87. The number of hydrogen-bond donors (Lipinski definition) is 0. The van der Waals surface area contributed by atoms with Crippen LogP contribution in [0.5, 0.6) is 0 Å². The molecule has 1 aliphatic heterocycles. The molecule has 1 atom stereocenters. The molecule has 0 amide bonds. The van der Waals surface area contributed by atoms with Gasteiger partial charge in [-0.25, -0.2) is 9.78 Å². The van der Waals surface area contributed by atoms with E-state index in [1.54, 1.807) is 0 Å². The van der Waals surface area contributed by atoms with E-state index in [-0.39, 0.29) is 5.60 Å². The molecule has 1 saturated heterocycles. The summed E-state index contributed by atoms with van der Waals surface area (Å²) < 4.78 is 0. The van der Waals surface area contributed by atoms with Crippen molar-refractivity contribution in [2.75, 3.05) is 6.61 Å². The van der Waals surface area contributed by atoms with Crippen LogP contribution in [0.15, 0.2) is 12.2 Å². The quantitative estimate of drug-likeness (QED) is 0.377. The van der Waals surface area contributed by atoms with Crippen LogP contribution in [0.2, 0.25) is 0 Å². The highest BCUT2D eigenvalue weighted by Gasteiger charge is 2.36. The molecule has 1 heterocycles. The lowest BCUT2D eigenvalue weighted by molar-refractivity contribution is -0.309. The van der Waals surface area contributed by atoms with Gasteiger partial charge in [-0.2, -0.15) is 0 Å². The van der Waals surface area contributed by atoms with Gasteiger partial charge in [-0.1, -0.05) is 12.2 Å². The van der Waals surface area contributed by atoms with E-state index in [1.807, 2.05) is 0 Å². The molecule has 1 unspecified atom stereocenters. The Bertz CT molecular complexity index is 145. The van der Waals surface area contributed by atoms with Gasteiger partial charge in [0.25, 0.3) is 0 Å². The average Bonchev–Trinajstić information content (AvgIpc) is 2.39. The lowest BCUT2D eigenvalue weighted by atomic mass is 9.87. The Balaban J connectivity index is 2.06. The monoisotopic (exact) mass is 140 g/mol. The van der Waals surface area contributed by atoms with Crippen molar-refractivity contribution in [1.82, 2.24) is 0 Å². The van der Waals surface area contributed by atoms with Crippen LogP contribution in [0.1, 0.15) is 25.7 Å². The van der Waals surface area contributed by atoms with Crippen LogP contribution >= 0.6 is 0 Å². The summed E-state index contributed by atoms with van der Waals surface area (Å²) in [5, 5.41) is 0. The van der Waals surface area contributed by atoms with Crippen molar-refractivity contribution in [3.8, 4) is 0 Å². The molecule has 1 aliphatic carbocycles. The molecule has 56 valence electrons. The summed E-state index contributed by atoms with van der Waals surface area (Å²) in [5.74, 6) is 0. The first-order valence-electron chi connectivity index (χ1n) is 3.87. The van der Waals surface area contributed by atoms with Crippen molar-refractivity contribution in [2.45, 2.75) is 31.3 Å². The molecular formula is C8H12O2. The molecule has 0 N–H and O–H groups in total. The van der Waals surface area contributed by atoms with Crippen molar-refractivity contribution in [3.63, 3.8) is 0 Å². The largest absolute Gasteiger partial charge is 0.236 e. The molecule has 2 heteroatoms. The summed E-state index contributed by atoms with van der Waals surface area (Å²) in [4.78, 5) is 10.1. The minimum Gasteiger partial charge on any atom is -0.236 e. The van der Waals surface area contributed by atoms with E-state index in [0.717, 1.165) is 32.3 Å². The van der Waals surface area contributed by atoms with Gasteiger partial charge in [-0.3, -0.25) is 0 Å². The fraction of sp³-hybridized carbons (Fsp3) is 0.750. The van der Waals surface area contributed by atoms with Gasteiger partial charge in [0.1, 0.15) is 5.60 Å². The van der Waals surface area contributed by atoms with Crippen molar-refractivity contribution in [3.05, 3.63) is 12.2 Å². The standard InChI is InChI=1S/C8H12O2/c1-2-4-8(5-3-1)6-7-9-10-8/h1-2H,3-7H2. The molecule has 2 aliphatic rings. The number of rotatable bonds is 0. The maximum absolute atomic E-state index is 5.23. The summed E-state index contributed by atoms with van der Waals surface area (Å²) in [6.45, 7) is 0.772. The van der Waals surface area contributed by atoms with Gasteiger partial charge >= 0.3 is 0 Å². The summed E-state index contributed by atoms with van der Waals surface area (Å²) in [6.07, 6.45) is 8.78. The first kappa shape index (κ1) is 6.38. The second-order valence-corrected chi connectivity index (χ2v) is 3.05. The topological polar surface area (TPSA) is 18.5 Å². The van der Waals surface area contributed by atoms with Gasteiger partial charge in [0, 0.05) is 6.42 Å². The minimum atomic E-state index is 0.0642. The lowest BCUT2D eigenvalue weighted by Gasteiger charge is -2.25. The molecule has 0 aromatic rings. The van der Waals surface area contributed by atoms with Crippen molar-refractivity contribution >= 4 is 0 Å². The molecule has 2 nitrogen and oxygen atoms in total. The van der Waals surface area contributed by atoms with E-state index >= 15 is 0 Å². The Kier molecular flexibility index (Phi) is 1.51. The van der Waals surface area contributed by atoms with Crippen LogP contribution in [0.3, 0.4) is 0 Å². The third-order valence-corrected chi connectivity index (χ3v) is 2.30. The maximum Gasteiger partial charge on any atom is 0.110 e. The predicted octanol–water partition coefficient (Wildman–Crippen LogP) is 1.82. The van der Waals surface area contributed by atoms with Crippen LogP contribution in [0, 0.1) is 0 Å². The maximum atomic E-state index is 5.23. The van der Waals surface area contributed by atoms with Gasteiger partial charge in [-0.05, 0) is 19.3 Å². The third kappa shape index (κ3) is 0.976. The molecule has 0 saturated carbocycles. The Hall–Kier alpha value is -0.340. The predicted molar refractivity (Wildman–Crippen MR) is 37.4 cm³/mol. The first-order chi connectivity index (χ1) is 4.91. The molecule has 2 rings (SSSR count). The van der Waals surface area contributed by atoms with Crippen LogP contribution in [-0.2, 0) is 9.78 Å². The van der Waals surface area contributed by atoms with E-state index in [0.29, 0.717) is 0 Å². The molecule has 10 heavy (non-hydrogen) atoms. The normalized spacial score (nSPS) is 39.2. The van der Waals surface area contributed by atoms with Crippen molar-refractivity contribution in [1.29, 1.82) is 0 Å². The summed E-state index contributed by atoms with van der Waals surface area (Å²) in [6, 6.07) is 0. The zero-order valence-corrected chi connectivity index (χ0v) is 6.01. The number of hydrogen-bond acceptors (Lipinski definition) is 2. The van der Waals surface area contributed by atoms with E-state index in [2.05, 4.69) is 12.2 Å². The molecule has 1 fully saturated rings. The molecule has 0 bridgehead atoms. The van der Waals surface area contributed by atoms with E-state index in [4.69, 9.17) is 9.78 Å². The van der Waals surface area contributed by atoms with Crippen LogP contribution in [0.4, 0.5) is 0 Å². The fourth-order valence-corrected chi connectivity index (χ4v) is 1.60. The van der Waals surface area contributed by atoms with E-state index in [9.17, 15) is 0 Å². The van der Waals surface area contributed by atoms with Crippen molar-refractivity contribution < 1.29 is 9.78 Å². The fourth-order valence-electron chi connectivity index (χ4n) is 1.60. The van der Waals surface area contributed by atoms with Gasteiger partial charge in [0.15, 0.2) is 0 Å². The summed E-state index contributed by atoms with van der Waals surface area (Å²) in [7, 11) is 0. The molecule has 0 aromatic carbocycles. The molecule has 1 spiro atoms. The molecular weight excluding hydrogens is 128 g/mol. The van der Waals surface area contributed by atoms with Crippen LogP contribution in [0.25, 0.3) is 0 Å². The highest BCUT2D eigenvalue weighted by atomic mass is 17.2. The average molecular weight is 140 g/mol. The third-order valence-electron chi connectivity index (χ3n) is 2.30. The molecule has 0 radical (unpaired) electrons. The Morgan fingerprint density at radius 2 is 2.20 bits per heavy atom. The van der Waals surface area contributed by atoms with Gasteiger partial charge in [-0.15, -0.1) is 0 Å². The van der Waals surface area contributed by atoms with Crippen LogP contribution in [-0.4, -0.2) is 12.2 Å². The Morgan fingerprint density at radius 1 is 1.20 bits per heavy atom. The highest BCUT2D eigenvalue weighted by Crippen LogP contribution is 2.34. The van der Waals surface area contributed by atoms with Gasteiger partial charge in [0.2, 0.25) is 0 Å². The summed E-state index contributed by atoms with van der Waals surface area (Å²) >= 11 is 0. The van der Waals surface area contributed by atoms with Crippen LogP contribution < -0.4 is 0 Å². The smallest absolute Gasteiger partial charge is 0.110 e. The Morgan fingerprint density at radius 3 is 2.80 bits per heavy atom. The zero-order valence-electron chi connectivity index (χ0n) is 6.01. The SMILES string of the molecule is C1=CCC2(CC1)CCOO2. The number of allylic oxidation sites excluding steroid dienone is 1. The van der Waals surface area contributed by atoms with Gasteiger partial charge in [0.05, 0.1) is 6.61 Å².